The Hall–Kier alpha value is -0.570. The molecule has 0 spiro atoms. The van der Waals surface area contributed by atoms with Gasteiger partial charge in [0, 0.05) is 31.2 Å². The predicted octanol–water partition coefficient (Wildman–Crippen LogP) is 2.36. The Balaban J connectivity index is 1.90. The molecule has 2 aliphatic heterocycles. The number of hydrogen-bond acceptors (Lipinski definition) is 2. The van der Waals surface area contributed by atoms with Crippen LogP contribution in [-0.4, -0.2) is 36.0 Å². The summed E-state index contributed by atoms with van der Waals surface area (Å²) in [4.78, 5) is 5.12. The molecule has 3 heteroatoms. The molecule has 80 valence electrons. The smallest absolute Gasteiger partial charge is 0.0887 e. The van der Waals surface area contributed by atoms with Gasteiger partial charge in [-0.2, -0.15) is 0 Å². The van der Waals surface area contributed by atoms with Gasteiger partial charge in [-0.3, -0.25) is 9.80 Å². The van der Waals surface area contributed by atoms with Crippen molar-refractivity contribution in [3.8, 4) is 0 Å². The molecule has 0 aliphatic carbocycles. The summed E-state index contributed by atoms with van der Waals surface area (Å²) in [7, 11) is 0. The number of hydrogen-bond donors (Lipinski definition) is 0. The first-order valence-electron chi connectivity index (χ1n) is 5.58. The van der Waals surface area contributed by atoms with Gasteiger partial charge >= 0.3 is 0 Å². The Morgan fingerprint density at radius 1 is 0.933 bits per heavy atom. The summed E-state index contributed by atoms with van der Waals surface area (Å²) >= 11 is 5.91. The topological polar surface area (TPSA) is 6.48 Å². The first-order valence-corrected chi connectivity index (χ1v) is 5.96. The van der Waals surface area contributed by atoms with Crippen LogP contribution in [0.25, 0.3) is 0 Å². The fraction of sp³-hybridized carbons (Fsp3) is 0.500. The van der Waals surface area contributed by atoms with E-state index >= 15 is 0 Å². The fourth-order valence-corrected chi connectivity index (χ4v) is 2.86. The van der Waals surface area contributed by atoms with E-state index in [1.807, 2.05) is 12.1 Å². The van der Waals surface area contributed by atoms with Gasteiger partial charge in [-0.15, -0.1) is 0 Å². The normalized spacial score (nSPS) is 34.3. The van der Waals surface area contributed by atoms with Crippen LogP contribution in [0, 0.1) is 0 Å². The summed E-state index contributed by atoms with van der Waals surface area (Å²) in [6.07, 6.45) is 1.82. The lowest BCUT2D eigenvalue weighted by molar-refractivity contribution is 0.0928. The third-order valence-electron chi connectivity index (χ3n) is 3.42. The molecule has 2 nitrogen and oxygen atoms in total. The molecule has 0 radical (unpaired) electrons. The average molecular weight is 223 g/mol. The molecule has 2 atom stereocenters. The molecule has 2 heterocycles. The minimum Gasteiger partial charge on any atom is -0.283 e. The summed E-state index contributed by atoms with van der Waals surface area (Å²) in [6, 6.07) is 8.30. The molecule has 0 aromatic heterocycles. The van der Waals surface area contributed by atoms with Gasteiger partial charge in [0.25, 0.3) is 0 Å². The van der Waals surface area contributed by atoms with Crippen LogP contribution in [0.5, 0.6) is 0 Å². The Bertz CT molecular complexity index is 333. The summed E-state index contributed by atoms with van der Waals surface area (Å²) < 4.78 is 0. The fourth-order valence-electron chi connectivity index (χ4n) is 2.73. The van der Waals surface area contributed by atoms with E-state index in [1.165, 1.54) is 38.2 Å². The van der Waals surface area contributed by atoms with E-state index in [2.05, 4.69) is 21.9 Å². The zero-order valence-corrected chi connectivity index (χ0v) is 9.45. The number of rotatable bonds is 1. The van der Waals surface area contributed by atoms with Crippen LogP contribution in [0.2, 0.25) is 5.02 Å². The van der Waals surface area contributed by atoms with Gasteiger partial charge in [0.05, 0.1) is 6.17 Å². The second-order valence-corrected chi connectivity index (χ2v) is 4.79. The average Bonchev–Trinajstić information content (AvgIpc) is 2.51. The molecule has 2 bridgehead atoms. The highest BCUT2D eigenvalue weighted by Crippen LogP contribution is 2.33. The van der Waals surface area contributed by atoms with Crippen LogP contribution in [0.1, 0.15) is 18.2 Å². The Labute approximate surface area is 95.4 Å². The highest BCUT2D eigenvalue weighted by molar-refractivity contribution is 6.30. The third kappa shape index (κ3) is 1.67. The standard InChI is InChI=1S/C12H15ClN2/c13-11-4-2-10(3-5-11)12-14-6-1-7-15(12)9-8-14/h2-5,12H,1,6-9H2. The van der Waals surface area contributed by atoms with Crippen LogP contribution in [-0.2, 0) is 0 Å². The van der Waals surface area contributed by atoms with Crippen LogP contribution in [0.4, 0.5) is 0 Å². The molecule has 2 fully saturated rings. The quantitative estimate of drug-likeness (QED) is 0.720. The van der Waals surface area contributed by atoms with Gasteiger partial charge in [-0.05, 0) is 24.1 Å². The number of benzene rings is 1. The van der Waals surface area contributed by atoms with Gasteiger partial charge in [-0.25, -0.2) is 0 Å². The molecule has 15 heavy (non-hydrogen) atoms. The second kappa shape index (κ2) is 3.78. The van der Waals surface area contributed by atoms with Gasteiger partial charge < -0.3 is 0 Å². The van der Waals surface area contributed by atoms with E-state index < -0.39 is 0 Å². The van der Waals surface area contributed by atoms with Crippen molar-refractivity contribution in [3.63, 3.8) is 0 Å². The van der Waals surface area contributed by atoms with Crippen molar-refractivity contribution in [1.82, 2.24) is 9.80 Å². The highest BCUT2D eigenvalue weighted by Gasteiger charge is 2.35. The van der Waals surface area contributed by atoms with E-state index in [9.17, 15) is 0 Å². The highest BCUT2D eigenvalue weighted by atomic mass is 35.5. The molecule has 2 unspecified atom stereocenters. The van der Waals surface area contributed by atoms with Crippen molar-refractivity contribution < 1.29 is 0 Å². The maximum Gasteiger partial charge on any atom is 0.0887 e. The lowest BCUT2D eigenvalue weighted by atomic mass is 10.1. The first-order chi connectivity index (χ1) is 7.34. The van der Waals surface area contributed by atoms with Crippen molar-refractivity contribution in [2.45, 2.75) is 12.6 Å². The molecule has 0 amide bonds. The minimum absolute atomic E-state index is 0.510. The third-order valence-corrected chi connectivity index (χ3v) is 3.68. The van der Waals surface area contributed by atoms with Gasteiger partial charge in [-0.1, -0.05) is 23.7 Å². The van der Waals surface area contributed by atoms with Gasteiger partial charge in [0.1, 0.15) is 0 Å². The van der Waals surface area contributed by atoms with Gasteiger partial charge in [0.15, 0.2) is 0 Å². The number of halogens is 1. The molecule has 1 aromatic carbocycles. The molecule has 2 saturated heterocycles. The summed E-state index contributed by atoms with van der Waals surface area (Å²) in [6.45, 7) is 4.91. The molecular weight excluding hydrogens is 208 g/mol. The molecule has 0 N–H and O–H groups in total. The number of nitrogens with zero attached hydrogens (tertiary/aromatic N) is 2. The van der Waals surface area contributed by atoms with Crippen molar-refractivity contribution >= 4 is 11.6 Å². The molecule has 2 aliphatic rings. The maximum atomic E-state index is 5.91. The van der Waals surface area contributed by atoms with Crippen LogP contribution in [0.3, 0.4) is 0 Å². The van der Waals surface area contributed by atoms with Gasteiger partial charge in [0.2, 0.25) is 0 Å². The minimum atomic E-state index is 0.510. The zero-order valence-electron chi connectivity index (χ0n) is 8.69. The molecule has 0 saturated carbocycles. The first kappa shape index (κ1) is 9.64. The van der Waals surface area contributed by atoms with E-state index in [0.717, 1.165) is 5.02 Å². The molecule has 3 rings (SSSR count). The monoisotopic (exact) mass is 222 g/mol. The van der Waals surface area contributed by atoms with Crippen LogP contribution >= 0.6 is 11.6 Å². The Morgan fingerprint density at radius 3 is 2.13 bits per heavy atom. The van der Waals surface area contributed by atoms with Crippen molar-refractivity contribution in [2.75, 3.05) is 26.2 Å². The Kier molecular flexibility index (Phi) is 2.43. The Morgan fingerprint density at radius 2 is 1.53 bits per heavy atom. The summed E-state index contributed by atoms with van der Waals surface area (Å²) in [5.74, 6) is 0. The lowest BCUT2D eigenvalue weighted by Crippen LogP contribution is -2.37. The number of fused-ring (bicyclic) bond motifs is 2. The maximum absolute atomic E-state index is 5.91. The SMILES string of the molecule is Clc1ccc(C2N3CCCN2CC3)cc1. The van der Waals surface area contributed by atoms with Crippen molar-refractivity contribution in [1.29, 1.82) is 0 Å². The second-order valence-electron chi connectivity index (χ2n) is 4.35. The summed E-state index contributed by atoms with van der Waals surface area (Å²) in [5, 5.41) is 0.826. The van der Waals surface area contributed by atoms with Crippen LogP contribution < -0.4 is 0 Å². The van der Waals surface area contributed by atoms with Crippen molar-refractivity contribution in [2.24, 2.45) is 0 Å². The van der Waals surface area contributed by atoms with E-state index in [4.69, 9.17) is 11.6 Å². The van der Waals surface area contributed by atoms with Crippen molar-refractivity contribution in [3.05, 3.63) is 34.9 Å². The van der Waals surface area contributed by atoms with E-state index in [-0.39, 0.29) is 0 Å². The molecule has 1 aromatic rings. The zero-order chi connectivity index (χ0) is 10.3. The van der Waals surface area contributed by atoms with Crippen LogP contribution in [0.15, 0.2) is 24.3 Å². The summed E-state index contributed by atoms with van der Waals surface area (Å²) in [5.41, 5.74) is 1.39. The van der Waals surface area contributed by atoms with E-state index in [0.29, 0.717) is 6.17 Å². The largest absolute Gasteiger partial charge is 0.283 e. The predicted molar refractivity (Wildman–Crippen MR) is 62.0 cm³/mol. The molecular formula is C12H15ClN2. The lowest BCUT2D eigenvalue weighted by Gasteiger charge is -2.35. The van der Waals surface area contributed by atoms with E-state index in [1.54, 1.807) is 0 Å².